The molecule has 47 heavy (non-hydrogen) atoms. The number of fused-ring (bicyclic) bond motifs is 1. The van der Waals surface area contributed by atoms with Crippen molar-refractivity contribution in [3.05, 3.63) is 95.2 Å². The van der Waals surface area contributed by atoms with Gasteiger partial charge in [0.2, 0.25) is 11.9 Å². The number of aliphatic hydroxyl groups is 4. The number of nitrogens with zero attached hydrogens (tertiary/aromatic N) is 5. The summed E-state index contributed by atoms with van der Waals surface area (Å²) in [6.07, 6.45) is -11.7. The number of ether oxygens (including phenoxy) is 2. The average Bonchev–Trinajstić information content (AvgIpc) is 3.40. The largest absolute Gasteiger partial charge is 0.462 e. The lowest BCUT2D eigenvalue weighted by Gasteiger charge is -2.39. The monoisotopic (exact) mass is 648 g/mol. The first-order valence-corrected chi connectivity index (χ1v) is 14.3. The minimum Gasteiger partial charge on any atom is -0.462 e. The van der Waals surface area contributed by atoms with Crippen molar-refractivity contribution in [2.45, 2.75) is 43.8 Å². The summed E-state index contributed by atoms with van der Waals surface area (Å²) in [4.78, 5) is 12.4. The van der Waals surface area contributed by atoms with Crippen LogP contribution in [-0.4, -0.2) is 77.3 Å². The van der Waals surface area contributed by atoms with E-state index >= 15 is 0 Å². The van der Waals surface area contributed by atoms with E-state index < -0.39 is 49.1 Å². The van der Waals surface area contributed by atoms with Crippen LogP contribution in [0.3, 0.4) is 0 Å². The Morgan fingerprint density at radius 3 is 2.23 bits per heavy atom. The molecule has 0 aliphatic carbocycles. The molecular weight excluding hydrogens is 621 g/mol. The summed E-state index contributed by atoms with van der Waals surface area (Å²) in [5.41, 5.74) is 2.76. The number of halogens is 3. The highest BCUT2D eigenvalue weighted by atomic mass is 19.4. The summed E-state index contributed by atoms with van der Waals surface area (Å²) >= 11 is 0. The van der Waals surface area contributed by atoms with Gasteiger partial charge < -0.3 is 34.9 Å². The maximum Gasteiger partial charge on any atom is 0.416 e. The molecule has 0 saturated carbocycles. The standard InChI is InChI=1S/C32H27F3N6O6/c1-16-24(18-6-8-20(9-7-18)32(33,34)35)29-39-31(38-28(41(29)40-16)19-4-2-17(14-36)3-5-19)37-21-10-12-22(13-11-21)46-30-27(45)26(44)25(43)23(15-42)47-30/h2-13,23,25-27,30,42-45H,15H2,1H3,(H,37,39). The Morgan fingerprint density at radius 1 is 0.957 bits per heavy atom. The lowest BCUT2D eigenvalue weighted by atomic mass is 9.99. The third-order valence-electron chi connectivity index (χ3n) is 7.65. The van der Waals surface area contributed by atoms with Crippen LogP contribution in [0.2, 0.25) is 0 Å². The molecule has 12 nitrogen and oxygen atoms in total. The van der Waals surface area contributed by atoms with Crippen LogP contribution in [0.15, 0.2) is 77.8 Å². The van der Waals surface area contributed by atoms with Crippen molar-refractivity contribution >= 4 is 11.3 Å². The summed E-state index contributed by atoms with van der Waals surface area (Å²) < 4.78 is 52.3. The van der Waals surface area contributed by atoms with E-state index in [1.54, 1.807) is 43.3 Å². The Bertz CT molecular complexity index is 2000. The van der Waals surface area contributed by atoms with Crippen LogP contribution >= 0.6 is 0 Å². The number of aliphatic hydroxyl groups excluding tert-OH is 4. The lowest BCUT2D eigenvalue weighted by molar-refractivity contribution is -0.277. The van der Waals surface area contributed by atoms with Crippen molar-refractivity contribution in [3.8, 4) is 34.3 Å². The van der Waals surface area contributed by atoms with Crippen molar-refractivity contribution in [2.24, 2.45) is 4.99 Å². The predicted octanol–water partition coefficient (Wildman–Crippen LogP) is 3.00. The zero-order valence-corrected chi connectivity index (χ0v) is 24.5. The molecule has 5 atom stereocenters. The molecule has 2 aromatic heterocycles. The molecule has 0 spiro atoms. The van der Waals surface area contributed by atoms with Crippen molar-refractivity contribution in [3.63, 3.8) is 0 Å². The number of aromatic amines is 1. The molecule has 6 rings (SSSR count). The van der Waals surface area contributed by atoms with Gasteiger partial charge >= 0.3 is 6.18 Å². The van der Waals surface area contributed by atoms with Crippen LogP contribution in [0, 0.1) is 18.3 Å². The number of hydrogen-bond acceptors (Lipinski definition) is 10. The number of hydrogen-bond donors (Lipinski definition) is 5. The molecular formula is C32H27F3N6O6. The Kier molecular flexibility index (Phi) is 8.53. The topological polar surface area (TPSA) is 182 Å². The number of aromatic nitrogens is 4. The smallest absolute Gasteiger partial charge is 0.416 e. The molecule has 15 heteroatoms. The first-order chi connectivity index (χ1) is 22.5. The molecule has 5 unspecified atom stereocenters. The van der Waals surface area contributed by atoms with Gasteiger partial charge in [0.15, 0.2) is 5.82 Å². The molecule has 3 heterocycles. The minimum absolute atomic E-state index is 0.132. The highest BCUT2D eigenvalue weighted by Gasteiger charge is 2.44. The molecule has 1 fully saturated rings. The fourth-order valence-corrected chi connectivity index (χ4v) is 5.20. The fraction of sp³-hybridized carbons (Fsp3) is 0.250. The van der Waals surface area contributed by atoms with Gasteiger partial charge in [-0.25, -0.2) is 4.99 Å². The van der Waals surface area contributed by atoms with E-state index in [1.807, 2.05) is 0 Å². The molecule has 0 bridgehead atoms. The fourth-order valence-electron chi connectivity index (χ4n) is 5.20. The van der Waals surface area contributed by atoms with E-state index in [4.69, 9.17) is 9.47 Å². The van der Waals surface area contributed by atoms with Gasteiger partial charge in [-0.3, -0.25) is 0 Å². The molecule has 5 aromatic rings. The van der Waals surface area contributed by atoms with Gasteiger partial charge in [0.25, 0.3) is 0 Å². The predicted molar refractivity (Wildman–Crippen MR) is 159 cm³/mol. The van der Waals surface area contributed by atoms with E-state index in [9.17, 15) is 38.9 Å². The number of nitrogens with one attached hydrogen (secondary N) is 1. The van der Waals surface area contributed by atoms with Crippen LogP contribution in [-0.2, 0) is 10.9 Å². The Labute approximate surface area is 264 Å². The van der Waals surface area contributed by atoms with Gasteiger partial charge in [-0.1, -0.05) is 12.1 Å². The van der Waals surface area contributed by atoms with Crippen molar-refractivity contribution in [1.82, 2.24) is 19.6 Å². The number of alkyl halides is 3. The Morgan fingerprint density at radius 2 is 1.62 bits per heavy atom. The van der Waals surface area contributed by atoms with E-state index in [0.717, 1.165) is 12.1 Å². The molecule has 5 N–H and O–H groups in total. The highest BCUT2D eigenvalue weighted by molar-refractivity contribution is 5.81. The van der Waals surface area contributed by atoms with Crippen LogP contribution in [0.4, 0.5) is 18.9 Å². The summed E-state index contributed by atoms with van der Waals surface area (Å²) in [5.74, 6) is 0.584. The second-order valence-electron chi connectivity index (χ2n) is 10.8. The van der Waals surface area contributed by atoms with E-state index in [1.165, 1.54) is 28.8 Å². The molecule has 3 aromatic carbocycles. The number of benzene rings is 3. The molecule has 0 radical (unpaired) electrons. The first kappa shape index (κ1) is 31.9. The van der Waals surface area contributed by atoms with E-state index in [0.29, 0.717) is 45.1 Å². The Balaban J connectivity index is 1.40. The molecule has 1 aliphatic heterocycles. The second kappa shape index (κ2) is 12.6. The highest BCUT2D eigenvalue weighted by Crippen LogP contribution is 2.34. The number of H-pyrrole nitrogens is 1. The molecule has 1 aliphatic rings. The first-order valence-electron chi connectivity index (χ1n) is 14.3. The third-order valence-corrected chi connectivity index (χ3v) is 7.65. The summed E-state index contributed by atoms with van der Waals surface area (Å²) in [6, 6.07) is 19.7. The van der Waals surface area contributed by atoms with Crippen molar-refractivity contribution in [2.75, 3.05) is 6.61 Å². The van der Waals surface area contributed by atoms with E-state index in [2.05, 4.69) is 26.1 Å². The van der Waals surface area contributed by atoms with Gasteiger partial charge in [-0.2, -0.15) is 33.0 Å². The molecule has 1 saturated heterocycles. The van der Waals surface area contributed by atoms with Crippen LogP contribution < -0.4 is 10.4 Å². The zero-order valence-electron chi connectivity index (χ0n) is 24.5. The quantitative estimate of drug-likeness (QED) is 0.185. The van der Waals surface area contributed by atoms with Gasteiger partial charge in [0.05, 0.1) is 35.2 Å². The van der Waals surface area contributed by atoms with E-state index in [-0.39, 0.29) is 11.4 Å². The zero-order chi connectivity index (χ0) is 33.5. The van der Waals surface area contributed by atoms with Gasteiger partial charge in [-0.15, -0.1) is 0 Å². The van der Waals surface area contributed by atoms with Crippen LogP contribution in [0.5, 0.6) is 5.75 Å². The third kappa shape index (κ3) is 6.32. The van der Waals surface area contributed by atoms with Gasteiger partial charge in [-0.05, 0) is 73.2 Å². The minimum atomic E-state index is -4.49. The van der Waals surface area contributed by atoms with Gasteiger partial charge in [0.1, 0.15) is 35.8 Å². The maximum atomic E-state index is 13.3. The normalized spacial score (nSPS) is 21.9. The Hall–Kier alpha value is -5.11. The van der Waals surface area contributed by atoms with Crippen molar-refractivity contribution in [1.29, 1.82) is 5.26 Å². The summed E-state index contributed by atoms with van der Waals surface area (Å²) in [6.45, 7) is 1.12. The maximum absolute atomic E-state index is 13.3. The van der Waals surface area contributed by atoms with Crippen LogP contribution in [0.25, 0.3) is 28.2 Å². The number of nitriles is 1. The summed E-state index contributed by atoms with van der Waals surface area (Å²) in [7, 11) is 0. The lowest BCUT2D eigenvalue weighted by Crippen LogP contribution is -2.60. The number of aryl methyl sites for hydroxylation is 1. The van der Waals surface area contributed by atoms with Crippen LogP contribution in [0.1, 0.15) is 16.8 Å². The molecule has 0 amide bonds. The second-order valence-corrected chi connectivity index (χ2v) is 10.8. The average molecular weight is 649 g/mol. The number of rotatable bonds is 6. The molecule has 242 valence electrons. The van der Waals surface area contributed by atoms with Gasteiger partial charge in [0, 0.05) is 11.1 Å². The van der Waals surface area contributed by atoms with Crippen molar-refractivity contribution < 1.29 is 43.1 Å². The summed E-state index contributed by atoms with van der Waals surface area (Å²) in [5, 5.41) is 53.6. The SMILES string of the molecule is Cc1nn2c(-c3ccc(C#N)cc3)n/c(=N/c3ccc(OC4OC(CO)C(O)C(O)C4O)cc3)[nH]c2c1-c1ccc(C(F)(F)F)cc1.